The molecular formula is C8H8BrClN4. The first-order chi connectivity index (χ1) is 6.65. The molecule has 1 rings (SSSR count). The van der Waals surface area contributed by atoms with Gasteiger partial charge in [-0.15, -0.1) is 0 Å². The molecule has 0 N–H and O–H groups in total. The van der Waals surface area contributed by atoms with E-state index in [0.717, 1.165) is 4.47 Å². The Hall–Kier alpha value is -0.860. The normalized spacial score (nSPS) is 9.57. The van der Waals surface area contributed by atoms with Gasteiger partial charge in [0, 0.05) is 19.8 Å². The zero-order chi connectivity index (χ0) is 10.6. The summed E-state index contributed by atoms with van der Waals surface area (Å²) in [4.78, 5) is 9.72. The summed E-state index contributed by atoms with van der Waals surface area (Å²) in [7, 11) is 1.85. The fraction of sp³-hybridized carbons (Fsp3) is 0.375. The van der Waals surface area contributed by atoms with Crippen LogP contribution in [0.1, 0.15) is 6.42 Å². The van der Waals surface area contributed by atoms with E-state index in [1.807, 2.05) is 11.9 Å². The molecule has 0 aromatic carbocycles. The number of hydrogen-bond donors (Lipinski definition) is 0. The molecule has 0 fully saturated rings. The quantitative estimate of drug-likeness (QED) is 0.794. The van der Waals surface area contributed by atoms with Gasteiger partial charge in [-0.05, 0) is 27.5 Å². The third-order valence-electron chi connectivity index (χ3n) is 1.62. The van der Waals surface area contributed by atoms with Crippen LogP contribution in [0.15, 0.2) is 10.7 Å². The molecule has 4 nitrogen and oxygen atoms in total. The van der Waals surface area contributed by atoms with E-state index < -0.39 is 0 Å². The average Bonchev–Trinajstić information content (AvgIpc) is 2.18. The molecule has 6 heteroatoms. The van der Waals surface area contributed by atoms with Crippen molar-refractivity contribution in [2.24, 2.45) is 0 Å². The molecule has 1 aromatic heterocycles. The van der Waals surface area contributed by atoms with Gasteiger partial charge in [0.1, 0.15) is 5.82 Å². The van der Waals surface area contributed by atoms with E-state index in [0.29, 0.717) is 18.8 Å². The second-order valence-electron chi connectivity index (χ2n) is 2.64. The smallest absolute Gasteiger partial charge is 0.224 e. The van der Waals surface area contributed by atoms with Gasteiger partial charge in [-0.1, -0.05) is 0 Å². The van der Waals surface area contributed by atoms with Crippen LogP contribution in [-0.2, 0) is 0 Å². The maximum atomic E-state index is 8.44. The van der Waals surface area contributed by atoms with E-state index in [4.69, 9.17) is 16.9 Å². The van der Waals surface area contributed by atoms with Gasteiger partial charge < -0.3 is 4.90 Å². The molecule has 0 aliphatic carbocycles. The molecule has 0 saturated heterocycles. The van der Waals surface area contributed by atoms with Crippen molar-refractivity contribution in [2.45, 2.75) is 6.42 Å². The first kappa shape index (κ1) is 11.2. The standard InChI is InChI=1S/C8H8BrClN4/c1-14(4-2-3-11)7-6(9)5-12-8(10)13-7/h5H,2,4H2,1H3. The summed E-state index contributed by atoms with van der Waals surface area (Å²) < 4.78 is 0.766. The molecule has 0 aliphatic rings. The Kier molecular flexibility index (Phi) is 4.11. The van der Waals surface area contributed by atoms with Crippen LogP contribution >= 0.6 is 27.5 Å². The Balaban J connectivity index is 2.83. The van der Waals surface area contributed by atoms with Crippen LogP contribution in [0.4, 0.5) is 5.82 Å². The number of rotatable bonds is 3. The minimum absolute atomic E-state index is 0.201. The van der Waals surface area contributed by atoms with E-state index in [2.05, 4.69) is 32.0 Å². The van der Waals surface area contributed by atoms with Crippen LogP contribution < -0.4 is 4.90 Å². The van der Waals surface area contributed by atoms with Crippen LogP contribution in [-0.4, -0.2) is 23.6 Å². The summed E-state index contributed by atoms with van der Waals surface area (Å²) in [6.45, 7) is 0.614. The van der Waals surface area contributed by atoms with Crippen molar-refractivity contribution in [1.29, 1.82) is 5.26 Å². The summed E-state index contributed by atoms with van der Waals surface area (Å²) in [5.74, 6) is 0.695. The largest absolute Gasteiger partial charge is 0.358 e. The maximum absolute atomic E-state index is 8.44. The molecule has 0 unspecified atom stereocenters. The van der Waals surface area contributed by atoms with Gasteiger partial charge in [0.05, 0.1) is 17.0 Å². The monoisotopic (exact) mass is 274 g/mol. The summed E-state index contributed by atoms with van der Waals surface area (Å²) in [6, 6.07) is 2.07. The third kappa shape index (κ3) is 2.82. The van der Waals surface area contributed by atoms with Crippen molar-refractivity contribution in [3.63, 3.8) is 0 Å². The first-order valence-electron chi connectivity index (χ1n) is 3.91. The summed E-state index contributed by atoms with van der Waals surface area (Å²) in [6.07, 6.45) is 2.04. The number of hydrogen-bond acceptors (Lipinski definition) is 4. The minimum atomic E-state index is 0.201. The highest BCUT2D eigenvalue weighted by atomic mass is 79.9. The second kappa shape index (κ2) is 5.13. The number of halogens is 2. The number of anilines is 1. The Bertz CT molecular complexity index is 363. The molecule has 0 spiro atoms. The fourth-order valence-electron chi connectivity index (χ4n) is 0.929. The zero-order valence-electron chi connectivity index (χ0n) is 7.54. The van der Waals surface area contributed by atoms with Crippen molar-refractivity contribution < 1.29 is 0 Å². The lowest BCUT2D eigenvalue weighted by Crippen LogP contribution is -2.20. The van der Waals surface area contributed by atoms with Gasteiger partial charge in [0.2, 0.25) is 5.28 Å². The fourth-order valence-corrected chi connectivity index (χ4v) is 1.55. The van der Waals surface area contributed by atoms with Gasteiger partial charge in [-0.3, -0.25) is 0 Å². The topological polar surface area (TPSA) is 52.8 Å². The van der Waals surface area contributed by atoms with Crippen LogP contribution in [0.25, 0.3) is 0 Å². The lowest BCUT2D eigenvalue weighted by Gasteiger charge is -2.17. The maximum Gasteiger partial charge on any atom is 0.224 e. The molecule has 74 valence electrons. The minimum Gasteiger partial charge on any atom is -0.358 e. The highest BCUT2D eigenvalue weighted by Gasteiger charge is 2.08. The van der Waals surface area contributed by atoms with Gasteiger partial charge in [0.25, 0.3) is 0 Å². The number of nitrogens with zero attached hydrogens (tertiary/aromatic N) is 4. The zero-order valence-corrected chi connectivity index (χ0v) is 9.88. The lowest BCUT2D eigenvalue weighted by molar-refractivity contribution is 0.875. The van der Waals surface area contributed by atoms with Gasteiger partial charge in [0.15, 0.2) is 0 Å². The predicted molar refractivity (Wildman–Crippen MR) is 58.2 cm³/mol. The van der Waals surface area contributed by atoms with Crippen LogP contribution in [0.3, 0.4) is 0 Å². The van der Waals surface area contributed by atoms with Crippen LogP contribution in [0.5, 0.6) is 0 Å². The van der Waals surface area contributed by atoms with Crippen molar-refractivity contribution in [1.82, 2.24) is 9.97 Å². The lowest BCUT2D eigenvalue weighted by atomic mass is 10.4. The van der Waals surface area contributed by atoms with Crippen molar-refractivity contribution >= 4 is 33.3 Å². The van der Waals surface area contributed by atoms with E-state index in [-0.39, 0.29) is 5.28 Å². The Morgan fingerprint density at radius 2 is 2.43 bits per heavy atom. The van der Waals surface area contributed by atoms with Gasteiger partial charge >= 0.3 is 0 Å². The molecule has 1 heterocycles. The van der Waals surface area contributed by atoms with Crippen LogP contribution in [0.2, 0.25) is 5.28 Å². The molecule has 14 heavy (non-hydrogen) atoms. The summed E-state index contributed by atoms with van der Waals surface area (Å²) in [5.41, 5.74) is 0. The van der Waals surface area contributed by atoms with E-state index in [9.17, 15) is 0 Å². The Morgan fingerprint density at radius 1 is 1.71 bits per heavy atom. The average molecular weight is 276 g/mol. The molecule has 1 aromatic rings. The van der Waals surface area contributed by atoms with E-state index in [1.165, 1.54) is 0 Å². The van der Waals surface area contributed by atoms with Crippen molar-refractivity contribution in [3.8, 4) is 6.07 Å². The summed E-state index contributed by atoms with van der Waals surface area (Å²) in [5, 5.41) is 8.64. The molecule has 0 atom stereocenters. The SMILES string of the molecule is CN(CCC#N)c1nc(Cl)ncc1Br. The number of nitriles is 1. The van der Waals surface area contributed by atoms with E-state index >= 15 is 0 Å². The molecule has 0 radical (unpaired) electrons. The van der Waals surface area contributed by atoms with E-state index in [1.54, 1.807) is 6.20 Å². The molecule has 0 bridgehead atoms. The highest BCUT2D eigenvalue weighted by Crippen LogP contribution is 2.23. The third-order valence-corrected chi connectivity index (χ3v) is 2.36. The Labute approximate surface area is 95.7 Å². The second-order valence-corrected chi connectivity index (χ2v) is 3.83. The highest BCUT2D eigenvalue weighted by molar-refractivity contribution is 9.10. The molecule has 0 saturated carbocycles. The van der Waals surface area contributed by atoms with Gasteiger partial charge in [-0.25, -0.2) is 4.98 Å². The Morgan fingerprint density at radius 3 is 3.07 bits per heavy atom. The number of aromatic nitrogens is 2. The van der Waals surface area contributed by atoms with Crippen LogP contribution in [0, 0.1) is 11.3 Å². The van der Waals surface area contributed by atoms with Crippen molar-refractivity contribution in [3.05, 3.63) is 16.0 Å². The van der Waals surface area contributed by atoms with Crippen molar-refractivity contribution in [2.75, 3.05) is 18.5 Å². The predicted octanol–water partition coefficient (Wildman–Crippen LogP) is 2.24. The molecule has 0 aliphatic heterocycles. The summed E-state index contributed by atoms with van der Waals surface area (Å²) >= 11 is 8.97. The molecule has 0 amide bonds. The molecular weight excluding hydrogens is 267 g/mol. The van der Waals surface area contributed by atoms with Gasteiger partial charge in [-0.2, -0.15) is 10.2 Å². The first-order valence-corrected chi connectivity index (χ1v) is 5.08.